The van der Waals surface area contributed by atoms with E-state index < -0.39 is 15.8 Å². The summed E-state index contributed by atoms with van der Waals surface area (Å²) in [7, 11) is -3.65. The van der Waals surface area contributed by atoms with Crippen LogP contribution in [-0.4, -0.2) is 32.5 Å². The maximum absolute atomic E-state index is 12.9. The maximum Gasteiger partial charge on any atom is 0.242 e. The smallest absolute Gasteiger partial charge is 0.242 e. The van der Waals surface area contributed by atoms with Crippen LogP contribution in [0.5, 0.6) is 0 Å². The van der Waals surface area contributed by atoms with Crippen LogP contribution in [0.2, 0.25) is 0 Å². The molecule has 0 amide bonds. The topological polar surface area (TPSA) is 71.1 Å². The third-order valence-corrected chi connectivity index (χ3v) is 4.07. The molecule has 0 saturated heterocycles. The highest BCUT2D eigenvalue weighted by Crippen LogP contribution is 2.18. The van der Waals surface area contributed by atoms with Crippen molar-refractivity contribution in [3.05, 3.63) is 24.3 Å². The van der Waals surface area contributed by atoms with E-state index in [1.165, 1.54) is 12.8 Å². The molecule has 7 heteroatoms. The highest BCUT2D eigenvalue weighted by Gasteiger charge is 2.19. The molecule has 1 aromatic heterocycles. The van der Waals surface area contributed by atoms with Crippen molar-refractivity contribution in [3.8, 4) is 0 Å². The Kier molecular flexibility index (Phi) is 4.26. The zero-order chi connectivity index (χ0) is 13.0. The number of pyridine rings is 1. The molecule has 1 heterocycles. The summed E-state index contributed by atoms with van der Waals surface area (Å²) in [6.45, 7) is 1.12. The lowest BCUT2D eigenvalue weighted by atomic mass is 10.4. The van der Waals surface area contributed by atoms with E-state index in [1.807, 2.05) is 0 Å². The van der Waals surface area contributed by atoms with Gasteiger partial charge in [0.05, 0.1) is 6.20 Å². The largest absolute Gasteiger partial charge is 0.314 e. The van der Waals surface area contributed by atoms with Gasteiger partial charge in [0.25, 0.3) is 0 Å². The van der Waals surface area contributed by atoms with Crippen LogP contribution in [0.4, 0.5) is 4.39 Å². The lowest BCUT2D eigenvalue weighted by molar-refractivity contribution is 0.568. The van der Waals surface area contributed by atoms with Crippen molar-refractivity contribution in [1.82, 2.24) is 15.0 Å². The van der Waals surface area contributed by atoms with Gasteiger partial charge in [-0.1, -0.05) is 0 Å². The summed E-state index contributed by atoms with van der Waals surface area (Å²) < 4.78 is 38.8. The fraction of sp³-hybridized carbons (Fsp3) is 0.545. The highest BCUT2D eigenvalue weighted by molar-refractivity contribution is 7.89. The van der Waals surface area contributed by atoms with Crippen molar-refractivity contribution in [2.24, 2.45) is 0 Å². The molecular formula is C11H16FN3O2S. The summed E-state index contributed by atoms with van der Waals surface area (Å²) in [5.74, 6) is -0.659. The Balaban J connectivity index is 1.79. The minimum absolute atomic E-state index is 0.141. The number of sulfonamides is 1. The predicted octanol–water partition coefficient (Wildman–Crippen LogP) is 0.641. The van der Waals surface area contributed by atoms with Crippen molar-refractivity contribution in [1.29, 1.82) is 0 Å². The third-order valence-electron chi connectivity index (χ3n) is 2.65. The molecule has 18 heavy (non-hydrogen) atoms. The van der Waals surface area contributed by atoms with Crippen LogP contribution in [0.25, 0.3) is 0 Å². The number of nitrogens with zero attached hydrogens (tertiary/aromatic N) is 1. The van der Waals surface area contributed by atoms with Crippen LogP contribution in [0.1, 0.15) is 19.3 Å². The Labute approximate surface area is 106 Å². The Morgan fingerprint density at radius 3 is 2.78 bits per heavy atom. The van der Waals surface area contributed by atoms with Gasteiger partial charge < -0.3 is 5.32 Å². The summed E-state index contributed by atoms with van der Waals surface area (Å²) in [6, 6.07) is 1.58. The van der Waals surface area contributed by atoms with Crippen LogP contribution in [0, 0.1) is 5.82 Å². The molecule has 1 fully saturated rings. The van der Waals surface area contributed by atoms with Crippen molar-refractivity contribution < 1.29 is 12.8 Å². The first-order chi connectivity index (χ1) is 8.58. The molecule has 0 radical (unpaired) electrons. The molecular weight excluding hydrogens is 257 g/mol. The molecule has 0 aliphatic heterocycles. The second-order valence-corrected chi connectivity index (χ2v) is 6.09. The molecule has 2 rings (SSSR count). The molecule has 1 saturated carbocycles. The number of hydrogen-bond donors (Lipinski definition) is 2. The Hall–Kier alpha value is -1.05. The predicted molar refractivity (Wildman–Crippen MR) is 65.0 cm³/mol. The Morgan fingerprint density at radius 2 is 2.11 bits per heavy atom. The molecule has 1 aromatic rings. The van der Waals surface area contributed by atoms with Crippen LogP contribution in [0.15, 0.2) is 23.4 Å². The van der Waals surface area contributed by atoms with Crippen LogP contribution in [-0.2, 0) is 10.0 Å². The van der Waals surface area contributed by atoms with Gasteiger partial charge in [-0.3, -0.25) is 4.98 Å². The van der Waals surface area contributed by atoms with Gasteiger partial charge in [0.2, 0.25) is 10.0 Å². The summed E-state index contributed by atoms with van der Waals surface area (Å²) in [5, 5.41) is 3.28. The number of aromatic nitrogens is 1. The summed E-state index contributed by atoms with van der Waals surface area (Å²) in [6.07, 6.45) is 5.23. The van der Waals surface area contributed by atoms with Crippen LogP contribution in [0.3, 0.4) is 0 Å². The van der Waals surface area contributed by atoms with Crippen LogP contribution < -0.4 is 10.0 Å². The number of hydrogen-bond acceptors (Lipinski definition) is 4. The molecule has 1 aliphatic rings. The number of nitrogens with one attached hydrogen (secondary N) is 2. The van der Waals surface area contributed by atoms with E-state index >= 15 is 0 Å². The van der Waals surface area contributed by atoms with E-state index in [0.717, 1.165) is 25.0 Å². The molecule has 100 valence electrons. The fourth-order valence-corrected chi connectivity index (χ4v) is 2.56. The first-order valence-electron chi connectivity index (χ1n) is 5.91. The standard InChI is InChI=1S/C11H16FN3O2S/c12-9-6-11(8-13-7-9)18(16,17)15-5-1-4-14-10-2-3-10/h6-8,10,14-15H,1-5H2. The van der Waals surface area contributed by atoms with Gasteiger partial charge in [-0.05, 0) is 31.9 Å². The molecule has 0 unspecified atom stereocenters. The van der Waals surface area contributed by atoms with E-state index in [9.17, 15) is 12.8 Å². The SMILES string of the molecule is O=S(=O)(NCCCNC1CC1)c1cncc(F)c1. The minimum Gasteiger partial charge on any atom is -0.314 e. The molecule has 0 bridgehead atoms. The van der Waals surface area contributed by atoms with Gasteiger partial charge in [-0.25, -0.2) is 17.5 Å². The van der Waals surface area contributed by atoms with Gasteiger partial charge in [0.1, 0.15) is 10.7 Å². The molecule has 0 spiro atoms. The van der Waals surface area contributed by atoms with Gasteiger partial charge >= 0.3 is 0 Å². The normalized spacial score (nSPS) is 15.8. The Bertz CT molecular complexity index is 503. The van der Waals surface area contributed by atoms with Gasteiger partial charge in [-0.15, -0.1) is 0 Å². The van der Waals surface area contributed by atoms with Crippen molar-refractivity contribution in [2.75, 3.05) is 13.1 Å². The second-order valence-electron chi connectivity index (χ2n) is 4.32. The highest BCUT2D eigenvalue weighted by atomic mass is 32.2. The summed E-state index contributed by atoms with van der Waals surface area (Å²) in [4.78, 5) is 3.38. The molecule has 2 N–H and O–H groups in total. The fourth-order valence-electron chi connectivity index (χ4n) is 1.51. The van der Waals surface area contributed by atoms with E-state index in [2.05, 4.69) is 15.0 Å². The molecule has 5 nitrogen and oxygen atoms in total. The number of rotatable bonds is 7. The van der Waals surface area contributed by atoms with E-state index in [1.54, 1.807) is 0 Å². The van der Waals surface area contributed by atoms with Crippen molar-refractivity contribution >= 4 is 10.0 Å². The average Bonchev–Trinajstić information content (AvgIpc) is 3.12. The number of halogens is 1. The monoisotopic (exact) mass is 273 g/mol. The van der Waals surface area contributed by atoms with Crippen LogP contribution >= 0.6 is 0 Å². The van der Waals surface area contributed by atoms with Crippen molar-refractivity contribution in [3.63, 3.8) is 0 Å². The molecule has 1 aliphatic carbocycles. The quantitative estimate of drug-likeness (QED) is 0.715. The summed E-state index contributed by atoms with van der Waals surface area (Å²) in [5.41, 5.74) is 0. The lowest BCUT2D eigenvalue weighted by Gasteiger charge is -2.06. The lowest BCUT2D eigenvalue weighted by Crippen LogP contribution is -2.28. The average molecular weight is 273 g/mol. The first kappa shape index (κ1) is 13.4. The second kappa shape index (κ2) is 5.73. The summed E-state index contributed by atoms with van der Waals surface area (Å²) >= 11 is 0. The Morgan fingerprint density at radius 1 is 1.33 bits per heavy atom. The third kappa shape index (κ3) is 4.01. The molecule has 0 aromatic carbocycles. The van der Waals surface area contributed by atoms with Crippen molar-refractivity contribution in [2.45, 2.75) is 30.2 Å². The van der Waals surface area contributed by atoms with E-state index in [0.29, 0.717) is 19.0 Å². The zero-order valence-corrected chi connectivity index (χ0v) is 10.7. The van der Waals surface area contributed by atoms with E-state index in [-0.39, 0.29) is 4.90 Å². The zero-order valence-electron chi connectivity index (χ0n) is 9.89. The first-order valence-corrected chi connectivity index (χ1v) is 7.40. The van der Waals surface area contributed by atoms with Gasteiger partial charge in [0, 0.05) is 18.8 Å². The van der Waals surface area contributed by atoms with Gasteiger partial charge in [-0.2, -0.15) is 0 Å². The molecule has 0 atom stereocenters. The van der Waals surface area contributed by atoms with Gasteiger partial charge in [0.15, 0.2) is 0 Å². The van der Waals surface area contributed by atoms with E-state index in [4.69, 9.17) is 0 Å². The maximum atomic E-state index is 12.9. The minimum atomic E-state index is -3.65.